The normalized spacial score (nSPS) is 12.4. The summed E-state index contributed by atoms with van der Waals surface area (Å²) >= 11 is 0. The Morgan fingerprint density at radius 3 is 2.60 bits per heavy atom. The molecule has 8 nitrogen and oxygen atoms in total. The fourth-order valence-corrected chi connectivity index (χ4v) is 2.83. The molecule has 25 heavy (non-hydrogen) atoms. The zero-order valence-electron chi connectivity index (χ0n) is 14.3. The Hall–Kier alpha value is -3.29. The first-order valence-electron chi connectivity index (χ1n) is 7.98. The molecule has 1 aromatic carbocycles. The Morgan fingerprint density at radius 1 is 1.08 bits per heavy atom. The van der Waals surface area contributed by atoms with Crippen LogP contribution < -0.4 is 4.90 Å². The van der Waals surface area contributed by atoms with Crippen molar-refractivity contribution >= 4 is 11.6 Å². The van der Waals surface area contributed by atoms with E-state index in [4.69, 9.17) is 0 Å². The standard InChI is InChI=1S/C17H18N8/c1-12-8-16(25-17(22-12)19-10-21-25)23(3)13(2)14-4-6-15(7-5-14)24-11-18-9-20-24/h4-11,13H,1-3H3. The Bertz CT molecular complexity index is 987. The van der Waals surface area contributed by atoms with Crippen molar-refractivity contribution in [2.24, 2.45) is 0 Å². The van der Waals surface area contributed by atoms with Crippen molar-refractivity contribution in [2.45, 2.75) is 19.9 Å². The van der Waals surface area contributed by atoms with Crippen LogP contribution >= 0.6 is 0 Å². The molecule has 0 aliphatic rings. The minimum atomic E-state index is 0.152. The molecule has 0 amide bonds. The number of hydrogen-bond acceptors (Lipinski definition) is 6. The van der Waals surface area contributed by atoms with Gasteiger partial charge in [-0.25, -0.2) is 14.6 Å². The van der Waals surface area contributed by atoms with Crippen molar-refractivity contribution in [3.05, 3.63) is 60.6 Å². The number of hydrogen-bond donors (Lipinski definition) is 0. The van der Waals surface area contributed by atoms with Gasteiger partial charge in [0.25, 0.3) is 5.78 Å². The fraction of sp³-hybridized carbons (Fsp3) is 0.235. The second-order valence-electron chi connectivity index (χ2n) is 5.95. The first-order valence-corrected chi connectivity index (χ1v) is 7.98. The van der Waals surface area contributed by atoms with Crippen molar-refractivity contribution in [1.29, 1.82) is 0 Å². The second-order valence-corrected chi connectivity index (χ2v) is 5.95. The highest BCUT2D eigenvalue weighted by Gasteiger charge is 2.17. The molecule has 0 saturated carbocycles. The summed E-state index contributed by atoms with van der Waals surface area (Å²) in [7, 11) is 2.05. The van der Waals surface area contributed by atoms with Gasteiger partial charge in [-0.3, -0.25) is 0 Å². The second kappa shape index (κ2) is 5.97. The van der Waals surface area contributed by atoms with Gasteiger partial charge in [0.15, 0.2) is 0 Å². The number of aryl methyl sites for hydroxylation is 1. The van der Waals surface area contributed by atoms with Crippen molar-refractivity contribution in [2.75, 3.05) is 11.9 Å². The Labute approximate surface area is 144 Å². The van der Waals surface area contributed by atoms with Crippen LogP contribution in [-0.4, -0.2) is 41.4 Å². The molecule has 3 aromatic heterocycles. The molecular weight excluding hydrogens is 316 g/mol. The van der Waals surface area contributed by atoms with E-state index in [1.165, 1.54) is 18.2 Å². The highest BCUT2D eigenvalue weighted by atomic mass is 15.4. The summed E-state index contributed by atoms with van der Waals surface area (Å²) in [6.07, 6.45) is 4.74. The summed E-state index contributed by atoms with van der Waals surface area (Å²) in [6, 6.07) is 10.4. The number of rotatable bonds is 4. The predicted molar refractivity (Wildman–Crippen MR) is 93.7 cm³/mol. The van der Waals surface area contributed by atoms with Gasteiger partial charge in [-0.15, -0.1) is 0 Å². The summed E-state index contributed by atoms with van der Waals surface area (Å²) in [5.41, 5.74) is 3.08. The molecule has 0 spiro atoms. The van der Waals surface area contributed by atoms with Gasteiger partial charge in [0.2, 0.25) is 0 Å². The molecule has 0 fully saturated rings. The minimum Gasteiger partial charge on any atom is -0.353 e. The summed E-state index contributed by atoms with van der Waals surface area (Å²) in [5, 5.41) is 8.44. The highest BCUT2D eigenvalue weighted by molar-refractivity contribution is 5.49. The lowest BCUT2D eigenvalue weighted by atomic mass is 10.1. The monoisotopic (exact) mass is 334 g/mol. The van der Waals surface area contributed by atoms with Gasteiger partial charge in [0, 0.05) is 18.8 Å². The number of fused-ring (bicyclic) bond motifs is 1. The van der Waals surface area contributed by atoms with E-state index in [0.717, 1.165) is 17.2 Å². The van der Waals surface area contributed by atoms with Crippen LogP contribution in [0.5, 0.6) is 0 Å². The maximum atomic E-state index is 4.40. The number of nitrogens with zero attached hydrogens (tertiary/aromatic N) is 8. The van der Waals surface area contributed by atoms with Gasteiger partial charge in [-0.05, 0) is 31.5 Å². The van der Waals surface area contributed by atoms with Gasteiger partial charge in [0.1, 0.15) is 24.8 Å². The van der Waals surface area contributed by atoms with Gasteiger partial charge in [-0.1, -0.05) is 12.1 Å². The van der Waals surface area contributed by atoms with E-state index in [2.05, 4.69) is 49.1 Å². The third kappa shape index (κ3) is 2.71. The lowest BCUT2D eigenvalue weighted by Crippen LogP contribution is -2.24. The van der Waals surface area contributed by atoms with Gasteiger partial charge < -0.3 is 4.90 Å². The summed E-state index contributed by atoms with van der Waals surface area (Å²) in [6.45, 7) is 4.12. The predicted octanol–water partition coefficient (Wildman–Crippen LogP) is 2.21. The first kappa shape index (κ1) is 15.3. The minimum absolute atomic E-state index is 0.152. The lowest BCUT2D eigenvalue weighted by molar-refractivity contribution is 0.708. The van der Waals surface area contributed by atoms with E-state index in [1.807, 2.05) is 32.2 Å². The quantitative estimate of drug-likeness (QED) is 0.569. The number of anilines is 1. The molecule has 1 unspecified atom stereocenters. The summed E-state index contributed by atoms with van der Waals surface area (Å²) < 4.78 is 3.50. The molecule has 0 aliphatic carbocycles. The van der Waals surface area contributed by atoms with Crippen LogP contribution in [0.25, 0.3) is 11.5 Å². The molecule has 126 valence electrons. The third-order valence-corrected chi connectivity index (χ3v) is 4.36. The molecule has 1 atom stereocenters. The number of aromatic nitrogens is 7. The Morgan fingerprint density at radius 2 is 1.88 bits per heavy atom. The largest absolute Gasteiger partial charge is 0.353 e. The zero-order valence-corrected chi connectivity index (χ0v) is 14.3. The third-order valence-electron chi connectivity index (χ3n) is 4.36. The van der Waals surface area contributed by atoms with E-state index >= 15 is 0 Å². The molecule has 3 heterocycles. The van der Waals surface area contributed by atoms with Crippen LogP contribution in [0.2, 0.25) is 0 Å². The molecule has 8 heteroatoms. The van der Waals surface area contributed by atoms with Crippen molar-refractivity contribution < 1.29 is 0 Å². The topological polar surface area (TPSA) is 77.0 Å². The average molecular weight is 334 g/mol. The van der Waals surface area contributed by atoms with Gasteiger partial charge in [-0.2, -0.15) is 19.7 Å². The summed E-state index contributed by atoms with van der Waals surface area (Å²) in [5.74, 6) is 1.56. The SMILES string of the molecule is Cc1cc(N(C)C(C)c2ccc(-n3cncn3)cc2)n2ncnc2n1. The average Bonchev–Trinajstić information content (AvgIpc) is 3.31. The molecule has 0 bridgehead atoms. The van der Waals surface area contributed by atoms with E-state index in [0.29, 0.717) is 5.78 Å². The first-order chi connectivity index (χ1) is 12.1. The summed E-state index contributed by atoms with van der Waals surface area (Å²) in [4.78, 5) is 14.7. The van der Waals surface area contributed by atoms with Crippen LogP contribution in [-0.2, 0) is 0 Å². The van der Waals surface area contributed by atoms with E-state index in [1.54, 1.807) is 15.5 Å². The maximum Gasteiger partial charge on any atom is 0.254 e. The van der Waals surface area contributed by atoms with Gasteiger partial charge in [0.05, 0.1) is 11.7 Å². The fourth-order valence-electron chi connectivity index (χ4n) is 2.83. The van der Waals surface area contributed by atoms with Crippen LogP contribution in [0.1, 0.15) is 24.2 Å². The van der Waals surface area contributed by atoms with Gasteiger partial charge >= 0.3 is 0 Å². The smallest absolute Gasteiger partial charge is 0.254 e. The van der Waals surface area contributed by atoms with E-state index < -0.39 is 0 Å². The molecule has 0 radical (unpaired) electrons. The van der Waals surface area contributed by atoms with E-state index in [9.17, 15) is 0 Å². The number of benzene rings is 1. The van der Waals surface area contributed by atoms with Crippen molar-refractivity contribution in [3.63, 3.8) is 0 Å². The molecule has 0 N–H and O–H groups in total. The molecular formula is C17H18N8. The Balaban J connectivity index is 1.65. The van der Waals surface area contributed by atoms with Crippen LogP contribution in [0.3, 0.4) is 0 Å². The van der Waals surface area contributed by atoms with Crippen molar-refractivity contribution in [1.82, 2.24) is 34.3 Å². The highest BCUT2D eigenvalue weighted by Crippen LogP contribution is 2.26. The van der Waals surface area contributed by atoms with Crippen LogP contribution in [0.15, 0.2) is 49.3 Å². The molecule has 0 aliphatic heterocycles. The molecule has 0 saturated heterocycles. The molecule has 4 rings (SSSR count). The molecule has 4 aromatic rings. The van der Waals surface area contributed by atoms with Crippen molar-refractivity contribution in [3.8, 4) is 5.69 Å². The lowest BCUT2D eigenvalue weighted by Gasteiger charge is -2.27. The maximum absolute atomic E-state index is 4.40. The zero-order chi connectivity index (χ0) is 17.4. The van der Waals surface area contributed by atoms with Crippen LogP contribution in [0.4, 0.5) is 5.82 Å². The van der Waals surface area contributed by atoms with E-state index in [-0.39, 0.29) is 6.04 Å². The van der Waals surface area contributed by atoms with Crippen LogP contribution in [0, 0.1) is 6.92 Å². The Kier molecular flexibility index (Phi) is 3.64.